The van der Waals surface area contributed by atoms with Crippen molar-refractivity contribution in [2.75, 3.05) is 19.0 Å². The highest BCUT2D eigenvalue weighted by Crippen LogP contribution is 1.67. The van der Waals surface area contributed by atoms with Crippen molar-refractivity contribution < 1.29 is 4.74 Å². The van der Waals surface area contributed by atoms with Gasteiger partial charge in [0.05, 0.1) is 0 Å². The first-order chi connectivity index (χ1) is 8.24. The zero-order valence-corrected chi connectivity index (χ0v) is 19.0. The number of methoxy groups -OCH3 is 1. The topological polar surface area (TPSA) is 9.23 Å². The van der Waals surface area contributed by atoms with Gasteiger partial charge in [-0.25, -0.2) is 0 Å². The van der Waals surface area contributed by atoms with Gasteiger partial charge in [0, 0.05) is 112 Å². The van der Waals surface area contributed by atoms with Gasteiger partial charge in [0.1, 0.15) is 0 Å². The van der Waals surface area contributed by atoms with Crippen LogP contribution in [0.5, 0.6) is 0 Å². The van der Waals surface area contributed by atoms with Crippen LogP contribution in [-0.2, 0) is 98.2 Å². The van der Waals surface area contributed by atoms with Crippen LogP contribution in [0.15, 0.2) is 0 Å². The molecule has 0 spiro atoms. The summed E-state index contributed by atoms with van der Waals surface area (Å²) in [6.45, 7) is 4.82. The molecule has 0 saturated carbocycles. The quantitative estimate of drug-likeness (QED) is 0.522. The van der Waals surface area contributed by atoms with Crippen molar-refractivity contribution >= 4 is 109 Å². The molecule has 17 heavy (non-hydrogen) atoms. The normalized spacial score (nSPS) is 6.82. The minimum atomic E-state index is 0.819. The Morgan fingerprint density at radius 3 is 1.29 bits per heavy atom. The van der Waals surface area contributed by atoms with Gasteiger partial charge in [-0.3, -0.25) is 0 Å². The molecule has 0 heterocycles. The minimum absolute atomic E-state index is 0.819. The van der Waals surface area contributed by atoms with Crippen LogP contribution in [0.1, 0.15) is 13.8 Å². The number of alkyl halides is 1. The van der Waals surface area contributed by atoms with E-state index in [2.05, 4.69) is 43.0 Å². The summed E-state index contributed by atoms with van der Waals surface area (Å²) in [6.07, 6.45) is 0. The fraction of sp³-hybridized carbons (Fsp3) is 1.00. The number of hydrogen-bond acceptors (Lipinski definition) is 3. The van der Waals surface area contributed by atoms with Crippen LogP contribution in [0.2, 0.25) is 0 Å². The van der Waals surface area contributed by atoms with Crippen LogP contribution >= 0.6 is 15.9 Å². The molecule has 12 heteroatoms. The van der Waals surface area contributed by atoms with Gasteiger partial charge in [0.15, 0.2) is 0 Å². The van der Waals surface area contributed by atoms with E-state index in [4.69, 9.17) is 0 Å². The second-order valence-electron chi connectivity index (χ2n) is 1.39. The van der Waals surface area contributed by atoms with Crippen molar-refractivity contribution in [3.8, 4) is 0 Å². The first-order valence-corrected chi connectivity index (χ1v) is 17.0. The molecule has 0 saturated heterocycles. The zero-order valence-electron chi connectivity index (χ0n) is 9.28. The molecule has 0 amide bonds. The molecular weight excluding hydrogens is 477 g/mol. The standard InChI is InChI=1S/C3H8O.C2H5Br.S10/c1-3-4-2;1-2-3;1-3-5-7-9-10-8-6-4-2/h3H2,1-2H3;2H2,1H3;. The van der Waals surface area contributed by atoms with Crippen LogP contribution in [-0.4, -0.2) is 19.0 Å². The molecule has 0 N–H and O–H groups in total. The monoisotopic (exact) mass is 488 g/mol. The molecule has 1 nitrogen and oxygen atoms in total. The summed E-state index contributed by atoms with van der Waals surface area (Å²) in [5, 5.41) is 1.06. The smallest absolute Gasteiger partial charge is 0.0433 e. The van der Waals surface area contributed by atoms with Crippen LogP contribution in [0.3, 0.4) is 0 Å². The number of rotatable bonds is 1. The highest BCUT2D eigenvalue weighted by atomic mass is 79.9. The molecule has 0 rings (SSSR count). The van der Waals surface area contributed by atoms with E-state index in [1.165, 1.54) is 17.8 Å². The summed E-state index contributed by atoms with van der Waals surface area (Å²) in [5.41, 5.74) is 0. The predicted molar refractivity (Wildman–Crippen MR) is 111 cm³/mol. The Labute approximate surface area is 145 Å². The lowest BCUT2D eigenvalue weighted by molar-refractivity contribution is 0.215. The van der Waals surface area contributed by atoms with E-state index in [9.17, 15) is 0 Å². The second-order valence-corrected chi connectivity index (χ2v) is 16.7. The third-order valence-electron chi connectivity index (χ3n) is 0.483. The Hall–Kier alpha value is 2.64. The Balaban J connectivity index is -0.000000232. The van der Waals surface area contributed by atoms with Crippen LogP contribution < -0.4 is 0 Å². The van der Waals surface area contributed by atoms with Crippen LogP contribution in [0.25, 0.3) is 0 Å². The molecular formula is C5H13BrOS10. The maximum atomic E-state index is 4.66. The van der Waals surface area contributed by atoms with Gasteiger partial charge in [-0.1, -0.05) is 22.9 Å². The van der Waals surface area contributed by atoms with Crippen molar-refractivity contribution in [3.63, 3.8) is 0 Å². The van der Waals surface area contributed by atoms with E-state index < -0.39 is 0 Å². The summed E-state index contributed by atoms with van der Waals surface area (Å²) in [6, 6.07) is 0. The third-order valence-corrected chi connectivity index (χ3v) is 16.0. The van der Waals surface area contributed by atoms with Gasteiger partial charge in [-0.2, -0.15) is 0 Å². The molecule has 0 atom stereocenters. The van der Waals surface area contributed by atoms with Crippen molar-refractivity contribution in [3.05, 3.63) is 0 Å². The minimum Gasteiger partial charge on any atom is -0.385 e. The predicted octanol–water partition coefficient (Wildman–Crippen LogP) is 2.03. The molecule has 0 bridgehead atoms. The Bertz CT molecular complexity index is 399. The highest BCUT2D eigenvalue weighted by molar-refractivity contribution is 9.09. The summed E-state index contributed by atoms with van der Waals surface area (Å²) >= 11 is 12.5. The molecule has 106 valence electrons. The van der Waals surface area contributed by atoms with Gasteiger partial charge < -0.3 is 4.74 Å². The maximum Gasteiger partial charge on any atom is 0.0433 e. The van der Waals surface area contributed by atoms with Crippen LogP contribution in [0.4, 0.5) is 0 Å². The molecule has 0 aromatic rings. The van der Waals surface area contributed by atoms with Gasteiger partial charge >= 0.3 is 0 Å². The van der Waals surface area contributed by atoms with Crippen molar-refractivity contribution in [1.29, 1.82) is 0 Å². The average molecular weight is 490 g/mol. The van der Waals surface area contributed by atoms with E-state index in [0.29, 0.717) is 0 Å². The molecule has 0 fully saturated rings. The average Bonchev–Trinajstić information content (AvgIpc) is 2.35. The third kappa shape index (κ3) is 45.6. The lowest BCUT2D eigenvalue weighted by Gasteiger charge is -1.76. The lowest BCUT2D eigenvalue weighted by Crippen LogP contribution is -1.73. The summed E-state index contributed by atoms with van der Waals surface area (Å²) in [5.74, 6) is 0. The van der Waals surface area contributed by atoms with Crippen molar-refractivity contribution in [2.24, 2.45) is 0 Å². The highest BCUT2D eigenvalue weighted by Gasteiger charge is 1.51. The van der Waals surface area contributed by atoms with E-state index in [-0.39, 0.29) is 0 Å². The number of hydrogen-bond donors (Lipinski definition) is 0. The summed E-state index contributed by atoms with van der Waals surface area (Å²) < 4.78 is 4.54. The summed E-state index contributed by atoms with van der Waals surface area (Å²) in [4.78, 5) is 0. The Morgan fingerprint density at radius 1 is 0.882 bits per heavy atom. The van der Waals surface area contributed by atoms with E-state index >= 15 is 0 Å². The van der Waals surface area contributed by atoms with E-state index in [1.807, 2.05) is 13.8 Å². The zero-order chi connectivity index (χ0) is 13.8. The van der Waals surface area contributed by atoms with Gasteiger partial charge in [0.25, 0.3) is 0 Å². The Morgan fingerprint density at radius 2 is 1.12 bits per heavy atom. The van der Waals surface area contributed by atoms with Gasteiger partial charge in [0.2, 0.25) is 0 Å². The lowest BCUT2D eigenvalue weighted by atomic mass is 10.9. The molecule has 0 radical (unpaired) electrons. The number of ether oxygens (including phenoxy) is 1. The van der Waals surface area contributed by atoms with Crippen molar-refractivity contribution in [2.45, 2.75) is 13.8 Å². The second kappa shape index (κ2) is 31.2. The largest absolute Gasteiger partial charge is 0.385 e. The molecule has 0 aliphatic rings. The first kappa shape index (κ1) is 24.6. The Kier molecular flexibility index (Phi) is 45.2. The number of halogens is 1. The fourth-order valence-electron chi connectivity index (χ4n) is 0.0680. The first-order valence-electron chi connectivity index (χ1n) is 3.88. The molecule has 0 unspecified atom stereocenters. The molecule has 0 aromatic heterocycles. The summed E-state index contributed by atoms with van der Waals surface area (Å²) in [7, 11) is 14.4. The SMILES string of the molecule is CCBr.CCOC.S=S=S=S=S=S=S=S=S=S. The molecule has 0 aliphatic heterocycles. The van der Waals surface area contributed by atoms with Crippen LogP contribution in [0, 0.1) is 0 Å². The fourth-order valence-corrected chi connectivity index (χ4v) is 16.5. The van der Waals surface area contributed by atoms with Gasteiger partial charge in [-0.05, 0) is 6.92 Å². The van der Waals surface area contributed by atoms with Gasteiger partial charge in [-0.15, -0.1) is 0 Å². The van der Waals surface area contributed by atoms with E-state index in [1.54, 1.807) is 60.4 Å². The van der Waals surface area contributed by atoms with Crippen molar-refractivity contribution in [1.82, 2.24) is 0 Å². The molecule has 0 aliphatic carbocycles. The molecule has 0 aromatic carbocycles. The maximum absolute atomic E-state index is 4.66. The van der Waals surface area contributed by atoms with E-state index in [0.717, 1.165) is 11.9 Å².